The van der Waals surface area contributed by atoms with Gasteiger partial charge in [-0.15, -0.1) is 0 Å². The van der Waals surface area contributed by atoms with Gasteiger partial charge in [0.2, 0.25) is 0 Å². The molecule has 0 aliphatic heterocycles. The highest BCUT2D eigenvalue weighted by Crippen LogP contribution is 2.24. The van der Waals surface area contributed by atoms with Gasteiger partial charge >= 0.3 is 6.18 Å². The summed E-state index contributed by atoms with van der Waals surface area (Å²) in [5, 5.41) is 8.91. The van der Waals surface area contributed by atoms with Crippen LogP contribution in [0.1, 0.15) is 17.0 Å². The molecular weight excluding hydrogens is 281 g/mol. The summed E-state index contributed by atoms with van der Waals surface area (Å²) in [5.74, 6) is -1.67. The van der Waals surface area contributed by atoms with Gasteiger partial charge in [-0.1, -0.05) is 30.3 Å². The van der Waals surface area contributed by atoms with Crippen molar-refractivity contribution in [2.24, 2.45) is 0 Å². The Hall–Kier alpha value is -2.37. The number of alkyl halides is 3. The molecule has 6 heteroatoms. The van der Waals surface area contributed by atoms with E-state index in [0.29, 0.717) is 18.2 Å². The van der Waals surface area contributed by atoms with Crippen LogP contribution in [0.2, 0.25) is 0 Å². The molecule has 0 radical (unpaired) electrons. The Balaban J connectivity index is 2.08. The normalized spacial score (nSPS) is 12.4. The maximum absolute atomic E-state index is 12.2. The number of allylic oxidation sites excluding steroid dienone is 1. The zero-order chi connectivity index (χ0) is 15.3. The van der Waals surface area contributed by atoms with Crippen LogP contribution in [-0.2, 0) is 12.8 Å². The van der Waals surface area contributed by atoms with E-state index in [0.717, 1.165) is 12.0 Å². The van der Waals surface area contributed by atoms with Crippen molar-refractivity contribution in [1.29, 1.82) is 0 Å². The number of benzene rings is 1. The smallest absolute Gasteiger partial charge is 0.448 e. The number of aliphatic hydroxyl groups excluding tert-OH is 1. The van der Waals surface area contributed by atoms with E-state index in [1.807, 2.05) is 30.3 Å². The van der Waals surface area contributed by atoms with E-state index >= 15 is 0 Å². The van der Waals surface area contributed by atoms with Crippen molar-refractivity contribution in [3.63, 3.8) is 0 Å². The van der Waals surface area contributed by atoms with E-state index in [-0.39, 0.29) is 5.69 Å². The maximum atomic E-state index is 12.2. The first-order chi connectivity index (χ1) is 9.95. The topological polar surface area (TPSA) is 46.0 Å². The van der Waals surface area contributed by atoms with E-state index in [4.69, 9.17) is 5.11 Å². The van der Waals surface area contributed by atoms with Crippen LogP contribution >= 0.6 is 0 Å². The van der Waals surface area contributed by atoms with Gasteiger partial charge in [0.25, 0.3) is 0 Å². The summed E-state index contributed by atoms with van der Waals surface area (Å²) in [6.07, 6.45) is -1.68. The van der Waals surface area contributed by atoms with Crippen LogP contribution in [0.3, 0.4) is 0 Å². The lowest BCUT2D eigenvalue weighted by Gasteiger charge is -2.05. The third-order valence-electron chi connectivity index (χ3n) is 2.83. The molecule has 0 aliphatic carbocycles. The van der Waals surface area contributed by atoms with Crippen molar-refractivity contribution in [3.05, 3.63) is 65.4 Å². The quantitative estimate of drug-likeness (QED) is 0.874. The Kier molecular flexibility index (Phi) is 4.57. The van der Waals surface area contributed by atoms with E-state index in [2.05, 4.69) is 9.97 Å². The first-order valence-corrected chi connectivity index (χ1v) is 6.28. The zero-order valence-corrected chi connectivity index (χ0v) is 11.0. The Morgan fingerprint density at radius 3 is 2.48 bits per heavy atom. The minimum absolute atomic E-state index is 0.0305. The minimum atomic E-state index is -4.77. The van der Waals surface area contributed by atoms with Gasteiger partial charge in [-0.05, 0) is 24.5 Å². The Morgan fingerprint density at radius 1 is 1.10 bits per heavy atom. The summed E-state index contributed by atoms with van der Waals surface area (Å²) in [7, 11) is 0. The molecule has 0 aliphatic rings. The number of rotatable bonds is 4. The third kappa shape index (κ3) is 4.59. The summed E-state index contributed by atoms with van der Waals surface area (Å²) in [6, 6.07) is 11.1. The average Bonchev–Trinajstić information content (AvgIpc) is 2.46. The number of hydrogen-bond donors (Lipinski definition) is 1. The van der Waals surface area contributed by atoms with E-state index < -0.39 is 11.9 Å². The summed E-state index contributed by atoms with van der Waals surface area (Å²) in [4.78, 5) is 7.72. The van der Waals surface area contributed by atoms with Crippen molar-refractivity contribution >= 4 is 6.08 Å². The fourth-order valence-corrected chi connectivity index (χ4v) is 1.77. The van der Waals surface area contributed by atoms with Crippen LogP contribution in [-0.4, -0.2) is 21.3 Å². The lowest BCUT2D eigenvalue weighted by Crippen LogP contribution is -2.11. The highest BCUT2D eigenvalue weighted by molar-refractivity contribution is 5.47. The molecule has 0 unspecified atom stereocenters. The average molecular weight is 294 g/mol. The molecule has 3 nitrogen and oxygen atoms in total. The third-order valence-corrected chi connectivity index (χ3v) is 2.83. The van der Waals surface area contributed by atoms with Crippen LogP contribution in [0.15, 0.2) is 48.5 Å². The van der Waals surface area contributed by atoms with Gasteiger partial charge in [0, 0.05) is 11.8 Å². The van der Waals surface area contributed by atoms with Crippen LogP contribution < -0.4 is 0 Å². The molecule has 0 spiro atoms. The van der Waals surface area contributed by atoms with Crippen LogP contribution in [0.5, 0.6) is 0 Å². The summed E-state index contributed by atoms with van der Waals surface area (Å²) in [6.45, 7) is 0. The van der Waals surface area contributed by atoms with E-state index in [1.54, 1.807) is 0 Å². The molecule has 2 rings (SSSR count). The summed E-state index contributed by atoms with van der Waals surface area (Å²) < 4.78 is 36.7. The van der Waals surface area contributed by atoms with E-state index in [9.17, 15) is 13.2 Å². The number of aliphatic hydroxyl groups is 1. The highest BCUT2D eigenvalue weighted by atomic mass is 19.4. The van der Waals surface area contributed by atoms with Crippen molar-refractivity contribution in [3.8, 4) is 0 Å². The van der Waals surface area contributed by atoms with Gasteiger partial charge in [0.05, 0.1) is 5.69 Å². The maximum Gasteiger partial charge on any atom is 0.448 e. The van der Waals surface area contributed by atoms with Gasteiger partial charge in [-0.3, -0.25) is 0 Å². The van der Waals surface area contributed by atoms with Gasteiger partial charge in [-0.25, -0.2) is 9.97 Å². The number of aromatic nitrogens is 2. The fourth-order valence-electron chi connectivity index (χ4n) is 1.77. The van der Waals surface area contributed by atoms with Crippen LogP contribution in [0.4, 0.5) is 13.2 Å². The summed E-state index contributed by atoms with van der Waals surface area (Å²) >= 11 is 0. The monoisotopic (exact) mass is 294 g/mol. The van der Waals surface area contributed by atoms with Crippen LogP contribution in [0.25, 0.3) is 6.08 Å². The molecule has 0 saturated heterocycles. The SMILES string of the molecule is O/C(=C\c1cc(CCc2ccccc2)ncn1)C(F)(F)F. The molecular formula is C15H13F3N2O. The minimum Gasteiger partial charge on any atom is -0.504 e. The first-order valence-electron chi connectivity index (χ1n) is 6.28. The Bertz CT molecular complexity index is 624. The predicted octanol–water partition coefficient (Wildman–Crippen LogP) is 3.72. The van der Waals surface area contributed by atoms with Crippen LogP contribution in [0, 0.1) is 0 Å². The lowest BCUT2D eigenvalue weighted by atomic mass is 10.1. The molecule has 0 saturated carbocycles. The Labute approximate surface area is 119 Å². The molecule has 2 aromatic rings. The summed E-state index contributed by atoms with van der Waals surface area (Å²) in [5.41, 5.74) is 1.77. The number of hydrogen-bond acceptors (Lipinski definition) is 3. The van der Waals surface area contributed by atoms with Gasteiger partial charge in [-0.2, -0.15) is 13.2 Å². The molecule has 1 heterocycles. The second-order valence-electron chi connectivity index (χ2n) is 4.45. The van der Waals surface area contributed by atoms with Gasteiger partial charge < -0.3 is 5.11 Å². The second-order valence-corrected chi connectivity index (χ2v) is 4.45. The molecule has 110 valence electrons. The molecule has 0 bridgehead atoms. The molecule has 0 amide bonds. The fraction of sp³-hybridized carbons (Fsp3) is 0.200. The number of halogens is 3. The molecule has 0 fully saturated rings. The predicted molar refractivity (Wildman–Crippen MR) is 72.5 cm³/mol. The zero-order valence-electron chi connectivity index (χ0n) is 11.0. The molecule has 1 N–H and O–H groups in total. The Morgan fingerprint density at radius 2 is 1.81 bits per heavy atom. The van der Waals surface area contributed by atoms with Crippen molar-refractivity contribution < 1.29 is 18.3 Å². The largest absolute Gasteiger partial charge is 0.504 e. The van der Waals surface area contributed by atoms with Crippen molar-refractivity contribution in [1.82, 2.24) is 9.97 Å². The van der Waals surface area contributed by atoms with Gasteiger partial charge in [0.15, 0.2) is 5.76 Å². The van der Waals surface area contributed by atoms with Gasteiger partial charge in [0.1, 0.15) is 6.33 Å². The highest BCUT2D eigenvalue weighted by Gasteiger charge is 2.33. The number of aryl methyl sites for hydroxylation is 2. The van der Waals surface area contributed by atoms with Crippen molar-refractivity contribution in [2.45, 2.75) is 19.0 Å². The first kappa shape index (κ1) is 15.0. The molecule has 21 heavy (non-hydrogen) atoms. The molecule has 1 aromatic carbocycles. The molecule has 1 aromatic heterocycles. The lowest BCUT2D eigenvalue weighted by molar-refractivity contribution is -0.119. The second kappa shape index (κ2) is 6.39. The molecule has 0 atom stereocenters. The van der Waals surface area contributed by atoms with Crippen molar-refractivity contribution in [2.75, 3.05) is 0 Å². The van der Waals surface area contributed by atoms with E-state index in [1.165, 1.54) is 12.4 Å². The number of nitrogens with zero attached hydrogens (tertiary/aromatic N) is 2. The standard InChI is InChI=1S/C15H13F3N2O/c16-15(17,18)14(21)9-13-8-12(19-10-20-13)7-6-11-4-2-1-3-5-11/h1-5,8-10,21H,6-7H2/b14-9-.